The minimum Gasteiger partial charge on any atom is -0.326 e. The first-order chi connectivity index (χ1) is 13.8. The third kappa shape index (κ3) is 4.65. The predicted octanol–water partition coefficient (Wildman–Crippen LogP) is 4.07. The van der Waals surface area contributed by atoms with Crippen molar-refractivity contribution in [2.75, 3.05) is 22.1 Å². The van der Waals surface area contributed by atoms with E-state index in [-0.39, 0.29) is 30.1 Å². The lowest BCUT2D eigenvalue weighted by Crippen LogP contribution is -2.28. The Balaban J connectivity index is 1.72. The van der Waals surface area contributed by atoms with E-state index in [0.717, 1.165) is 22.5 Å². The van der Waals surface area contributed by atoms with Crippen molar-refractivity contribution in [3.05, 3.63) is 53.6 Å². The predicted molar refractivity (Wildman–Crippen MR) is 115 cm³/mol. The van der Waals surface area contributed by atoms with Crippen LogP contribution in [-0.4, -0.2) is 24.3 Å². The van der Waals surface area contributed by atoms with Gasteiger partial charge in [-0.1, -0.05) is 32.0 Å². The van der Waals surface area contributed by atoms with Gasteiger partial charge in [0.2, 0.25) is 17.7 Å². The van der Waals surface area contributed by atoms with Crippen molar-refractivity contribution in [1.82, 2.24) is 0 Å². The quantitative estimate of drug-likeness (QED) is 0.804. The lowest BCUT2D eigenvalue weighted by molar-refractivity contribution is -0.122. The molecule has 1 atom stereocenters. The smallest absolute Gasteiger partial charge is 0.229 e. The topological polar surface area (TPSA) is 78.5 Å². The molecule has 1 heterocycles. The summed E-state index contributed by atoms with van der Waals surface area (Å²) in [6, 6.07) is 13.1. The third-order valence-corrected chi connectivity index (χ3v) is 5.17. The first-order valence-corrected chi connectivity index (χ1v) is 9.84. The van der Waals surface area contributed by atoms with E-state index < -0.39 is 5.92 Å². The summed E-state index contributed by atoms with van der Waals surface area (Å²) in [6.45, 7) is 7.95. The molecule has 0 bridgehead atoms. The number of para-hydroxylation sites is 1. The van der Waals surface area contributed by atoms with E-state index in [1.165, 1.54) is 6.92 Å². The molecule has 0 spiro atoms. The van der Waals surface area contributed by atoms with Crippen molar-refractivity contribution in [2.45, 2.75) is 40.0 Å². The molecule has 2 N–H and O–H groups in total. The molecule has 2 aromatic rings. The van der Waals surface area contributed by atoms with E-state index in [4.69, 9.17) is 0 Å². The summed E-state index contributed by atoms with van der Waals surface area (Å²) in [4.78, 5) is 38.2. The Morgan fingerprint density at radius 1 is 1.07 bits per heavy atom. The van der Waals surface area contributed by atoms with Gasteiger partial charge in [-0.2, -0.15) is 0 Å². The van der Waals surface area contributed by atoms with Crippen LogP contribution in [-0.2, 0) is 14.4 Å². The molecule has 0 radical (unpaired) electrons. The van der Waals surface area contributed by atoms with Gasteiger partial charge >= 0.3 is 0 Å². The molecule has 6 heteroatoms. The number of carbonyl (C=O) groups excluding carboxylic acids is 3. The second-order valence-electron chi connectivity index (χ2n) is 7.82. The van der Waals surface area contributed by atoms with Gasteiger partial charge in [0.25, 0.3) is 0 Å². The molecule has 1 fully saturated rings. The average molecular weight is 393 g/mol. The lowest BCUT2D eigenvalue weighted by Gasteiger charge is -2.19. The van der Waals surface area contributed by atoms with Gasteiger partial charge in [-0.25, -0.2) is 0 Å². The molecule has 1 unspecified atom stereocenters. The van der Waals surface area contributed by atoms with Crippen LogP contribution < -0.4 is 15.5 Å². The second-order valence-corrected chi connectivity index (χ2v) is 7.82. The van der Waals surface area contributed by atoms with Crippen molar-refractivity contribution >= 4 is 34.8 Å². The van der Waals surface area contributed by atoms with Gasteiger partial charge in [-0.3, -0.25) is 14.4 Å². The number of hydrogen-bond acceptors (Lipinski definition) is 3. The van der Waals surface area contributed by atoms with Gasteiger partial charge in [0.05, 0.1) is 5.92 Å². The number of benzene rings is 2. The zero-order valence-corrected chi connectivity index (χ0v) is 17.3. The summed E-state index contributed by atoms with van der Waals surface area (Å²) >= 11 is 0. The van der Waals surface area contributed by atoms with Crippen LogP contribution >= 0.6 is 0 Å². The molecule has 29 heavy (non-hydrogen) atoms. The standard InChI is InChI=1S/C23H27N3O3/c1-14(2)20-7-5-6-15(3)22(20)25-23(29)17-12-21(28)26(13-17)19-10-8-18(9-11-19)24-16(4)27/h5-11,14,17H,12-13H2,1-4H3,(H,24,27)(H,25,29). The highest BCUT2D eigenvalue weighted by atomic mass is 16.2. The Kier molecular flexibility index (Phi) is 6.01. The van der Waals surface area contributed by atoms with Crippen LogP contribution in [0.15, 0.2) is 42.5 Å². The number of carbonyl (C=O) groups is 3. The van der Waals surface area contributed by atoms with Crippen LogP contribution in [0.4, 0.5) is 17.1 Å². The highest BCUT2D eigenvalue weighted by Crippen LogP contribution is 2.30. The molecule has 1 aliphatic heterocycles. The van der Waals surface area contributed by atoms with Crippen LogP contribution in [0.1, 0.15) is 44.2 Å². The first kappa shape index (κ1) is 20.6. The molecule has 0 saturated carbocycles. The monoisotopic (exact) mass is 393 g/mol. The van der Waals surface area contributed by atoms with E-state index in [2.05, 4.69) is 24.5 Å². The fraction of sp³-hybridized carbons (Fsp3) is 0.348. The number of rotatable bonds is 5. The summed E-state index contributed by atoms with van der Waals surface area (Å²) in [5.74, 6) is -0.479. The molecular weight excluding hydrogens is 366 g/mol. The van der Waals surface area contributed by atoms with Gasteiger partial charge in [0.15, 0.2) is 0 Å². The summed E-state index contributed by atoms with van der Waals surface area (Å²) < 4.78 is 0. The van der Waals surface area contributed by atoms with E-state index in [9.17, 15) is 14.4 Å². The Hall–Kier alpha value is -3.15. The SMILES string of the molecule is CC(=O)Nc1ccc(N2CC(C(=O)Nc3c(C)cccc3C(C)C)CC2=O)cc1. The van der Waals surface area contributed by atoms with Gasteiger partial charge in [0, 0.05) is 37.0 Å². The number of hydrogen-bond donors (Lipinski definition) is 2. The molecule has 3 amide bonds. The number of aryl methyl sites for hydroxylation is 1. The molecule has 1 aliphatic rings. The van der Waals surface area contributed by atoms with Crippen LogP contribution in [0.3, 0.4) is 0 Å². The minimum atomic E-state index is -0.405. The van der Waals surface area contributed by atoms with Crippen molar-refractivity contribution in [2.24, 2.45) is 5.92 Å². The molecule has 152 valence electrons. The van der Waals surface area contributed by atoms with E-state index >= 15 is 0 Å². The number of anilines is 3. The van der Waals surface area contributed by atoms with Gasteiger partial charge in [-0.15, -0.1) is 0 Å². The van der Waals surface area contributed by atoms with Gasteiger partial charge < -0.3 is 15.5 Å². The Morgan fingerprint density at radius 2 is 1.76 bits per heavy atom. The highest BCUT2D eigenvalue weighted by Gasteiger charge is 2.35. The zero-order chi connectivity index (χ0) is 21.1. The summed E-state index contributed by atoms with van der Waals surface area (Å²) in [5.41, 5.74) is 4.34. The van der Waals surface area contributed by atoms with E-state index in [1.54, 1.807) is 29.2 Å². The number of amides is 3. The Bertz CT molecular complexity index is 935. The molecular formula is C23H27N3O3. The fourth-order valence-electron chi connectivity index (χ4n) is 3.63. The van der Waals surface area contributed by atoms with Crippen molar-refractivity contribution in [3.63, 3.8) is 0 Å². The minimum absolute atomic E-state index is 0.0775. The van der Waals surface area contributed by atoms with Gasteiger partial charge in [0.1, 0.15) is 0 Å². The average Bonchev–Trinajstić information content (AvgIpc) is 3.05. The van der Waals surface area contributed by atoms with Crippen molar-refractivity contribution < 1.29 is 14.4 Å². The highest BCUT2D eigenvalue weighted by molar-refractivity contribution is 6.04. The van der Waals surface area contributed by atoms with Crippen LogP contribution in [0.25, 0.3) is 0 Å². The van der Waals surface area contributed by atoms with Crippen molar-refractivity contribution in [3.8, 4) is 0 Å². The van der Waals surface area contributed by atoms with Gasteiger partial charge in [-0.05, 0) is 48.2 Å². The summed E-state index contributed by atoms with van der Waals surface area (Å²) in [7, 11) is 0. The molecule has 0 aliphatic carbocycles. The number of nitrogens with zero attached hydrogens (tertiary/aromatic N) is 1. The Labute approximate surface area is 171 Å². The molecule has 1 saturated heterocycles. The third-order valence-electron chi connectivity index (χ3n) is 5.17. The summed E-state index contributed by atoms with van der Waals surface area (Å²) in [6.07, 6.45) is 0.183. The second kappa shape index (κ2) is 8.47. The van der Waals surface area contributed by atoms with Crippen LogP contribution in [0.5, 0.6) is 0 Å². The van der Waals surface area contributed by atoms with E-state index in [1.807, 2.05) is 25.1 Å². The van der Waals surface area contributed by atoms with E-state index in [0.29, 0.717) is 12.2 Å². The summed E-state index contributed by atoms with van der Waals surface area (Å²) in [5, 5.41) is 5.76. The molecule has 0 aromatic heterocycles. The van der Waals surface area contributed by atoms with Crippen LogP contribution in [0.2, 0.25) is 0 Å². The molecule has 2 aromatic carbocycles. The maximum Gasteiger partial charge on any atom is 0.229 e. The maximum atomic E-state index is 12.9. The molecule has 3 rings (SSSR count). The van der Waals surface area contributed by atoms with Crippen LogP contribution in [0, 0.1) is 12.8 Å². The zero-order valence-electron chi connectivity index (χ0n) is 17.3. The first-order valence-electron chi connectivity index (χ1n) is 9.84. The maximum absolute atomic E-state index is 12.9. The largest absolute Gasteiger partial charge is 0.326 e. The fourth-order valence-corrected chi connectivity index (χ4v) is 3.63. The van der Waals surface area contributed by atoms with Crippen molar-refractivity contribution in [1.29, 1.82) is 0 Å². The lowest BCUT2D eigenvalue weighted by atomic mass is 9.97. The number of nitrogens with one attached hydrogen (secondary N) is 2. The molecule has 6 nitrogen and oxygen atoms in total. The Morgan fingerprint density at radius 3 is 2.38 bits per heavy atom. The normalized spacial score (nSPS) is 16.2.